The summed E-state index contributed by atoms with van der Waals surface area (Å²) in [5.41, 5.74) is 0.756. The largest absolute Gasteiger partial charge is 0.325 e. The first-order valence-corrected chi connectivity index (χ1v) is 7.03. The molecular formula is C14H22N4O. The SMILES string of the molecule is O=C(Nc1cccnc1)N1CCCCNCCCC1. The lowest BCUT2D eigenvalue weighted by Crippen LogP contribution is -2.37. The van der Waals surface area contributed by atoms with Gasteiger partial charge < -0.3 is 15.5 Å². The summed E-state index contributed by atoms with van der Waals surface area (Å²) in [6, 6.07) is 3.67. The molecule has 5 nitrogen and oxygen atoms in total. The van der Waals surface area contributed by atoms with Crippen LogP contribution in [0, 0.1) is 0 Å². The second-order valence-corrected chi connectivity index (χ2v) is 4.82. The van der Waals surface area contributed by atoms with Crippen molar-refractivity contribution >= 4 is 11.7 Å². The highest BCUT2D eigenvalue weighted by Gasteiger charge is 2.13. The van der Waals surface area contributed by atoms with Crippen molar-refractivity contribution in [1.82, 2.24) is 15.2 Å². The van der Waals surface area contributed by atoms with Crippen LogP contribution in [0.4, 0.5) is 10.5 Å². The molecule has 104 valence electrons. The summed E-state index contributed by atoms with van der Waals surface area (Å²) in [6.45, 7) is 3.76. The molecule has 2 amide bonds. The fourth-order valence-corrected chi connectivity index (χ4v) is 2.18. The number of urea groups is 1. The molecule has 0 aliphatic carbocycles. The van der Waals surface area contributed by atoms with Crippen LogP contribution in [-0.4, -0.2) is 42.1 Å². The van der Waals surface area contributed by atoms with Gasteiger partial charge in [-0.2, -0.15) is 0 Å². The molecule has 5 heteroatoms. The number of carbonyl (C=O) groups excluding carboxylic acids is 1. The highest BCUT2D eigenvalue weighted by Crippen LogP contribution is 2.07. The van der Waals surface area contributed by atoms with Crippen LogP contribution in [0.5, 0.6) is 0 Å². The predicted molar refractivity (Wildman–Crippen MR) is 76.2 cm³/mol. The Morgan fingerprint density at radius 1 is 1.21 bits per heavy atom. The molecule has 0 unspecified atom stereocenters. The zero-order valence-corrected chi connectivity index (χ0v) is 11.3. The lowest BCUT2D eigenvalue weighted by Gasteiger charge is -2.24. The van der Waals surface area contributed by atoms with Crippen LogP contribution in [0.25, 0.3) is 0 Å². The van der Waals surface area contributed by atoms with Crippen molar-refractivity contribution in [3.63, 3.8) is 0 Å². The summed E-state index contributed by atoms with van der Waals surface area (Å²) in [5.74, 6) is 0. The van der Waals surface area contributed by atoms with E-state index in [1.807, 2.05) is 17.0 Å². The van der Waals surface area contributed by atoms with Crippen molar-refractivity contribution in [1.29, 1.82) is 0 Å². The summed E-state index contributed by atoms with van der Waals surface area (Å²) in [7, 11) is 0. The van der Waals surface area contributed by atoms with Crippen molar-refractivity contribution in [3.8, 4) is 0 Å². The Hall–Kier alpha value is -1.62. The minimum Gasteiger partial charge on any atom is -0.325 e. The standard InChI is InChI=1S/C14H22N4O/c19-14(17-13-6-5-9-16-12-13)18-10-3-1-7-15-8-2-4-11-18/h5-6,9,12,15H,1-4,7-8,10-11H2,(H,17,19). The number of amides is 2. The van der Waals surface area contributed by atoms with Gasteiger partial charge in [-0.05, 0) is 50.9 Å². The maximum Gasteiger partial charge on any atom is 0.321 e. The van der Waals surface area contributed by atoms with Crippen molar-refractivity contribution in [3.05, 3.63) is 24.5 Å². The van der Waals surface area contributed by atoms with Gasteiger partial charge in [0.2, 0.25) is 0 Å². The number of pyridine rings is 1. The molecule has 0 saturated carbocycles. The second-order valence-electron chi connectivity index (χ2n) is 4.82. The van der Waals surface area contributed by atoms with E-state index in [-0.39, 0.29) is 6.03 Å². The predicted octanol–water partition coefficient (Wildman–Crippen LogP) is 2.08. The van der Waals surface area contributed by atoms with Crippen LogP contribution < -0.4 is 10.6 Å². The van der Waals surface area contributed by atoms with Gasteiger partial charge in [-0.1, -0.05) is 0 Å². The third-order valence-corrected chi connectivity index (χ3v) is 3.26. The van der Waals surface area contributed by atoms with Crippen LogP contribution in [0.3, 0.4) is 0 Å². The van der Waals surface area contributed by atoms with E-state index in [2.05, 4.69) is 15.6 Å². The molecule has 0 atom stereocenters. The van der Waals surface area contributed by atoms with Gasteiger partial charge in [0, 0.05) is 19.3 Å². The van der Waals surface area contributed by atoms with Crippen molar-refractivity contribution < 1.29 is 4.79 Å². The van der Waals surface area contributed by atoms with E-state index in [1.165, 1.54) is 0 Å². The summed E-state index contributed by atoms with van der Waals surface area (Å²) in [4.78, 5) is 18.1. The number of hydrogen-bond donors (Lipinski definition) is 2. The highest BCUT2D eigenvalue weighted by molar-refractivity contribution is 5.89. The van der Waals surface area contributed by atoms with Crippen molar-refractivity contribution in [2.75, 3.05) is 31.5 Å². The number of carbonyl (C=O) groups is 1. The van der Waals surface area contributed by atoms with E-state index in [4.69, 9.17) is 0 Å². The van der Waals surface area contributed by atoms with Crippen molar-refractivity contribution in [2.45, 2.75) is 25.7 Å². The number of anilines is 1. The molecule has 1 aliphatic rings. The maximum absolute atomic E-state index is 12.2. The maximum atomic E-state index is 12.2. The minimum absolute atomic E-state index is 0.0125. The fraction of sp³-hybridized carbons (Fsp3) is 0.571. The topological polar surface area (TPSA) is 57.3 Å². The lowest BCUT2D eigenvalue weighted by atomic mass is 10.2. The normalized spacial score (nSPS) is 17.8. The van der Waals surface area contributed by atoms with Gasteiger partial charge in [-0.25, -0.2) is 4.79 Å². The van der Waals surface area contributed by atoms with E-state index >= 15 is 0 Å². The monoisotopic (exact) mass is 262 g/mol. The van der Waals surface area contributed by atoms with Gasteiger partial charge in [0.1, 0.15) is 0 Å². The Balaban J connectivity index is 1.87. The Kier molecular flexibility index (Phi) is 5.62. The number of aromatic nitrogens is 1. The quantitative estimate of drug-likeness (QED) is 0.814. The van der Waals surface area contributed by atoms with Crippen LogP contribution in [0.15, 0.2) is 24.5 Å². The summed E-state index contributed by atoms with van der Waals surface area (Å²) in [5, 5.41) is 6.32. The van der Waals surface area contributed by atoms with E-state index in [1.54, 1.807) is 12.4 Å². The molecule has 2 rings (SSSR count). The molecule has 2 heterocycles. The van der Waals surface area contributed by atoms with Gasteiger partial charge in [0.05, 0.1) is 11.9 Å². The third-order valence-electron chi connectivity index (χ3n) is 3.26. The molecule has 1 fully saturated rings. The zero-order chi connectivity index (χ0) is 13.3. The molecule has 0 spiro atoms. The Bertz CT molecular complexity index is 372. The third kappa shape index (κ3) is 4.87. The van der Waals surface area contributed by atoms with E-state index in [9.17, 15) is 4.79 Å². The molecule has 2 N–H and O–H groups in total. The number of nitrogens with zero attached hydrogens (tertiary/aromatic N) is 2. The van der Waals surface area contributed by atoms with E-state index in [0.29, 0.717) is 0 Å². The zero-order valence-electron chi connectivity index (χ0n) is 11.3. The Labute approximate surface area is 114 Å². The smallest absolute Gasteiger partial charge is 0.321 e. The molecule has 1 aromatic heterocycles. The Morgan fingerprint density at radius 3 is 2.58 bits per heavy atom. The lowest BCUT2D eigenvalue weighted by molar-refractivity contribution is 0.208. The van der Waals surface area contributed by atoms with Gasteiger partial charge in [0.25, 0.3) is 0 Å². The van der Waals surface area contributed by atoms with Gasteiger partial charge in [-0.3, -0.25) is 4.98 Å². The van der Waals surface area contributed by atoms with Crippen LogP contribution >= 0.6 is 0 Å². The fourth-order valence-electron chi connectivity index (χ4n) is 2.18. The van der Waals surface area contributed by atoms with E-state index < -0.39 is 0 Å². The first-order valence-electron chi connectivity index (χ1n) is 7.03. The van der Waals surface area contributed by atoms with Crippen LogP contribution in [0.1, 0.15) is 25.7 Å². The average molecular weight is 262 g/mol. The molecule has 1 aliphatic heterocycles. The molecule has 1 saturated heterocycles. The molecule has 1 aromatic rings. The minimum atomic E-state index is -0.0125. The average Bonchev–Trinajstić information content (AvgIpc) is 2.45. The van der Waals surface area contributed by atoms with Gasteiger partial charge >= 0.3 is 6.03 Å². The summed E-state index contributed by atoms with van der Waals surface area (Å²) < 4.78 is 0. The molecule has 19 heavy (non-hydrogen) atoms. The summed E-state index contributed by atoms with van der Waals surface area (Å²) >= 11 is 0. The van der Waals surface area contributed by atoms with Crippen LogP contribution in [0.2, 0.25) is 0 Å². The molecule has 0 aromatic carbocycles. The Morgan fingerprint density at radius 2 is 1.95 bits per heavy atom. The van der Waals surface area contributed by atoms with E-state index in [0.717, 1.165) is 57.5 Å². The molecular weight excluding hydrogens is 240 g/mol. The van der Waals surface area contributed by atoms with Gasteiger partial charge in [-0.15, -0.1) is 0 Å². The van der Waals surface area contributed by atoms with Crippen molar-refractivity contribution in [2.24, 2.45) is 0 Å². The number of nitrogens with one attached hydrogen (secondary N) is 2. The molecule has 0 bridgehead atoms. The van der Waals surface area contributed by atoms with Gasteiger partial charge in [0.15, 0.2) is 0 Å². The highest BCUT2D eigenvalue weighted by atomic mass is 16.2. The second kappa shape index (κ2) is 7.74. The summed E-state index contributed by atoms with van der Waals surface area (Å²) in [6.07, 6.45) is 7.71. The van der Waals surface area contributed by atoms with Crippen LogP contribution in [-0.2, 0) is 0 Å². The number of hydrogen-bond acceptors (Lipinski definition) is 3. The first-order chi connectivity index (χ1) is 9.36. The first kappa shape index (κ1) is 13.8. The number of rotatable bonds is 1. The molecule has 0 radical (unpaired) electrons.